The van der Waals surface area contributed by atoms with Crippen LogP contribution in [-0.2, 0) is 30.5 Å². The SMILES string of the molecule is O=C(Cn1cccc(C(F)(F)F)c1=O)N1CCc2[nH]c3c(Br)cccc3c2C1. The highest BCUT2D eigenvalue weighted by atomic mass is 79.9. The van der Waals surface area contributed by atoms with Crippen molar-refractivity contribution >= 4 is 32.7 Å². The Labute approximate surface area is 165 Å². The number of nitrogens with zero attached hydrogens (tertiary/aromatic N) is 2. The molecule has 0 fully saturated rings. The molecule has 1 aromatic carbocycles. The van der Waals surface area contributed by atoms with Gasteiger partial charge in [-0.05, 0) is 34.1 Å². The number of carbonyl (C=O) groups excluding carboxylic acids is 1. The van der Waals surface area contributed by atoms with Crippen molar-refractivity contribution in [2.24, 2.45) is 0 Å². The summed E-state index contributed by atoms with van der Waals surface area (Å²) in [6.45, 7) is 0.354. The summed E-state index contributed by atoms with van der Waals surface area (Å²) in [6.07, 6.45) is -2.94. The predicted octanol–water partition coefficient (Wildman–Crippen LogP) is 3.70. The Bertz CT molecular complexity index is 1130. The fraction of sp³-hybridized carbons (Fsp3) is 0.263. The van der Waals surface area contributed by atoms with Crippen LogP contribution in [0.1, 0.15) is 16.8 Å². The van der Waals surface area contributed by atoms with E-state index in [0.29, 0.717) is 19.5 Å². The molecule has 3 aromatic rings. The molecule has 28 heavy (non-hydrogen) atoms. The molecule has 0 aliphatic carbocycles. The number of H-pyrrole nitrogens is 1. The van der Waals surface area contributed by atoms with E-state index in [4.69, 9.17) is 0 Å². The number of aromatic nitrogens is 2. The largest absolute Gasteiger partial charge is 0.421 e. The van der Waals surface area contributed by atoms with E-state index in [1.165, 1.54) is 6.20 Å². The lowest BCUT2D eigenvalue weighted by molar-refractivity contribution is -0.139. The van der Waals surface area contributed by atoms with Crippen LogP contribution in [0.3, 0.4) is 0 Å². The molecule has 1 amide bonds. The minimum absolute atomic E-state index is 0.346. The normalized spacial score (nSPS) is 14.4. The molecular formula is C19H15BrF3N3O2. The zero-order valence-corrected chi connectivity index (χ0v) is 16.1. The van der Waals surface area contributed by atoms with Gasteiger partial charge < -0.3 is 14.5 Å². The highest BCUT2D eigenvalue weighted by Gasteiger charge is 2.34. The van der Waals surface area contributed by atoms with Gasteiger partial charge in [0, 0.05) is 46.8 Å². The second kappa shape index (κ2) is 6.80. The number of carbonyl (C=O) groups is 1. The summed E-state index contributed by atoms with van der Waals surface area (Å²) in [4.78, 5) is 29.7. The molecular weight excluding hydrogens is 439 g/mol. The zero-order chi connectivity index (χ0) is 20.1. The average molecular weight is 454 g/mol. The second-order valence-electron chi connectivity index (χ2n) is 6.66. The van der Waals surface area contributed by atoms with Gasteiger partial charge in [0.2, 0.25) is 5.91 Å². The van der Waals surface area contributed by atoms with Gasteiger partial charge in [0.05, 0.1) is 5.52 Å². The summed E-state index contributed by atoms with van der Waals surface area (Å²) in [5.74, 6) is -0.392. The van der Waals surface area contributed by atoms with E-state index in [1.807, 2.05) is 18.2 Å². The van der Waals surface area contributed by atoms with E-state index in [2.05, 4.69) is 20.9 Å². The summed E-state index contributed by atoms with van der Waals surface area (Å²) in [5, 5.41) is 0.998. The fourth-order valence-electron chi connectivity index (χ4n) is 3.54. The van der Waals surface area contributed by atoms with Gasteiger partial charge in [-0.15, -0.1) is 0 Å². The number of pyridine rings is 1. The van der Waals surface area contributed by atoms with Gasteiger partial charge in [-0.1, -0.05) is 12.1 Å². The molecule has 0 unspecified atom stereocenters. The Kier molecular flexibility index (Phi) is 4.57. The highest BCUT2D eigenvalue weighted by Crippen LogP contribution is 2.32. The number of nitrogens with one attached hydrogen (secondary N) is 1. The maximum atomic E-state index is 12.9. The van der Waals surface area contributed by atoms with Gasteiger partial charge in [-0.2, -0.15) is 13.2 Å². The molecule has 1 aliphatic rings. The van der Waals surface area contributed by atoms with Crippen molar-refractivity contribution < 1.29 is 18.0 Å². The first-order valence-corrected chi connectivity index (χ1v) is 9.37. The molecule has 4 rings (SSSR count). The molecule has 1 N–H and O–H groups in total. The molecule has 9 heteroatoms. The van der Waals surface area contributed by atoms with Crippen molar-refractivity contribution in [3.8, 4) is 0 Å². The molecule has 0 bridgehead atoms. The van der Waals surface area contributed by atoms with Gasteiger partial charge in [0.25, 0.3) is 5.56 Å². The smallest absolute Gasteiger partial charge is 0.357 e. The van der Waals surface area contributed by atoms with E-state index in [1.54, 1.807) is 4.90 Å². The van der Waals surface area contributed by atoms with Crippen LogP contribution >= 0.6 is 15.9 Å². The van der Waals surface area contributed by atoms with Gasteiger partial charge in [0.15, 0.2) is 0 Å². The minimum atomic E-state index is -4.75. The molecule has 0 atom stereocenters. The average Bonchev–Trinajstić information content (AvgIpc) is 3.02. The summed E-state index contributed by atoms with van der Waals surface area (Å²) in [7, 11) is 0. The van der Waals surface area contributed by atoms with Crippen LogP contribution in [0.15, 0.2) is 45.8 Å². The fourth-order valence-corrected chi connectivity index (χ4v) is 4.00. The first-order valence-electron chi connectivity index (χ1n) is 8.58. The van der Waals surface area contributed by atoms with Gasteiger partial charge >= 0.3 is 6.18 Å². The number of alkyl halides is 3. The molecule has 0 saturated carbocycles. The van der Waals surface area contributed by atoms with Crippen LogP contribution in [0, 0.1) is 0 Å². The van der Waals surface area contributed by atoms with Crippen molar-refractivity contribution in [1.29, 1.82) is 0 Å². The molecule has 2 aromatic heterocycles. The van der Waals surface area contributed by atoms with Crippen LogP contribution in [-0.4, -0.2) is 26.9 Å². The lowest BCUT2D eigenvalue weighted by atomic mass is 10.0. The first-order chi connectivity index (χ1) is 13.3. The Morgan fingerprint density at radius 1 is 1.21 bits per heavy atom. The second-order valence-corrected chi connectivity index (χ2v) is 7.52. The molecule has 5 nitrogen and oxygen atoms in total. The Morgan fingerprint density at radius 2 is 2.00 bits per heavy atom. The number of hydrogen-bond donors (Lipinski definition) is 1. The van der Waals surface area contributed by atoms with Gasteiger partial charge in [-0.25, -0.2) is 0 Å². The van der Waals surface area contributed by atoms with Gasteiger partial charge in [0.1, 0.15) is 12.1 Å². The van der Waals surface area contributed by atoms with Crippen LogP contribution in [0.2, 0.25) is 0 Å². The third kappa shape index (κ3) is 3.23. The number of aromatic amines is 1. The van der Waals surface area contributed by atoms with Crippen molar-refractivity contribution in [3.63, 3.8) is 0 Å². The van der Waals surface area contributed by atoms with Crippen molar-refractivity contribution in [2.75, 3.05) is 6.54 Å². The maximum absolute atomic E-state index is 12.9. The number of para-hydroxylation sites is 1. The van der Waals surface area contributed by atoms with Gasteiger partial charge in [-0.3, -0.25) is 9.59 Å². The van der Waals surface area contributed by atoms with Crippen LogP contribution in [0.5, 0.6) is 0 Å². The Hall–Kier alpha value is -2.55. The van der Waals surface area contributed by atoms with Crippen molar-refractivity contribution in [1.82, 2.24) is 14.5 Å². The number of benzene rings is 1. The summed E-state index contributed by atoms with van der Waals surface area (Å²) < 4.78 is 40.5. The van der Waals surface area contributed by atoms with Crippen LogP contribution < -0.4 is 5.56 Å². The summed E-state index contributed by atoms with van der Waals surface area (Å²) in [6, 6.07) is 7.64. The van der Waals surface area contributed by atoms with Crippen LogP contribution in [0.25, 0.3) is 10.9 Å². The van der Waals surface area contributed by atoms with E-state index < -0.39 is 29.8 Å². The molecule has 0 spiro atoms. The third-order valence-electron chi connectivity index (χ3n) is 4.94. The number of rotatable bonds is 2. The molecule has 1 aliphatic heterocycles. The van der Waals surface area contributed by atoms with Crippen molar-refractivity contribution in [3.05, 3.63) is 68.2 Å². The first kappa shape index (κ1) is 18.8. The third-order valence-corrected chi connectivity index (χ3v) is 5.60. The topological polar surface area (TPSA) is 58.1 Å². The van der Waals surface area contributed by atoms with E-state index >= 15 is 0 Å². The Balaban J connectivity index is 1.59. The summed E-state index contributed by atoms with van der Waals surface area (Å²) in [5.41, 5.74) is 0.507. The van der Waals surface area contributed by atoms with Crippen LogP contribution in [0.4, 0.5) is 13.2 Å². The van der Waals surface area contributed by atoms with E-state index in [-0.39, 0.29) is 0 Å². The predicted molar refractivity (Wildman–Crippen MR) is 101 cm³/mol. The molecule has 0 radical (unpaired) electrons. The van der Waals surface area contributed by atoms with E-state index in [9.17, 15) is 22.8 Å². The molecule has 146 valence electrons. The van der Waals surface area contributed by atoms with E-state index in [0.717, 1.165) is 43.3 Å². The molecule has 0 saturated heterocycles. The zero-order valence-electron chi connectivity index (χ0n) is 14.5. The Morgan fingerprint density at radius 3 is 2.75 bits per heavy atom. The number of fused-ring (bicyclic) bond motifs is 3. The number of amides is 1. The molecule has 3 heterocycles. The maximum Gasteiger partial charge on any atom is 0.421 e. The monoisotopic (exact) mass is 453 g/mol. The van der Waals surface area contributed by atoms with Crippen molar-refractivity contribution in [2.45, 2.75) is 25.7 Å². The lowest BCUT2D eigenvalue weighted by Crippen LogP contribution is -2.40. The standard InChI is InChI=1S/C19H15BrF3N3O2/c20-14-5-1-3-11-12-9-25(8-6-15(12)24-17(11)14)16(27)10-26-7-2-4-13(18(26)28)19(21,22)23/h1-5,7,24H,6,8-10H2. The number of hydrogen-bond acceptors (Lipinski definition) is 2. The lowest BCUT2D eigenvalue weighted by Gasteiger charge is -2.27. The minimum Gasteiger partial charge on any atom is -0.357 e. The number of halogens is 4. The highest BCUT2D eigenvalue weighted by molar-refractivity contribution is 9.10. The quantitative estimate of drug-likeness (QED) is 0.643. The summed E-state index contributed by atoms with van der Waals surface area (Å²) >= 11 is 3.50.